The van der Waals surface area contributed by atoms with E-state index in [1.807, 2.05) is 38.1 Å². The topological polar surface area (TPSA) is 105 Å². The number of carboxylic acid groups (broad SMARTS) is 1. The van der Waals surface area contributed by atoms with Gasteiger partial charge in [0.25, 0.3) is 0 Å². The second kappa shape index (κ2) is 12.2. The highest BCUT2D eigenvalue weighted by Gasteiger charge is 2.29. The summed E-state index contributed by atoms with van der Waals surface area (Å²) in [6, 6.07) is 16.0. The maximum Gasteiger partial charge on any atom is 0.407 e. The van der Waals surface area contributed by atoms with Gasteiger partial charge in [-0.05, 0) is 41.5 Å². The Morgan fingerprint density at radius 1 is 1.00 bits per heavy atom. The molecule has 0 spiro atoms. The molecule has 0 aromatic heterocycles. The van der Waals surface area contributed by atoms with Crippen molar-refractivity contribution >= 4 is 18.0 Å². The van der Waals surface area contributed by atoms with Crippen LogP contribution in [0.25, 0.3) is 11.1 Å². The van der Waals surface area contributed by atoms with E-state index in [1.165, 1.54) is 22.3 Å². The molecule has 7 nitrogen and oxygen atoms in total. The van der Waals surface area contributed by atoms with Crippen LogP contribution >= 0.6 is 0 Å². The van der Waals surface area contributed by atoms with Crippen LogP contribution in [0.4, 0.5) is 4.79 Å². The van der Waals surface area contributed by atoms with Crippen molar-refractivity contribution in [2.24, 2.45) is 5.92 Å². The number of carbonyl (C=O) groups excluding carboxylic acids is 2. The van der Waals surface area contributed by atoms with E-state index in [0.717, 1.165) is 6.42 Å². The Kier molecular flexibility index (Phi) is 9.08. The highest BCUT2D eigenvalue weighted by molar-refractivity contribution is 5.80. The fourth-order valence-electron chi connectivity index (χ4n) is 4.51. The van der Waals surface area contributed by atoms with Gasteiger partial charge in [0.1, 0.15) is 6.61 Å². The molecule has 0 saturated carbocycles. The summed E-state index contributed by atoms with van der Waals surface area (Å²) in [7, 11) is 0. The van der Waals surface area contributed by atoms with Crippen molar-refractivity contribution in [2.75, 3.05) is 13.2 Å². The summed E-state index contributed by atoms with van der Waals surface area (Å²) >= 11 is 0. The molecule has 7 heteroatoms. The Morgan fingerprint density at radius 3 is 2.21 bits per heavy atom. The van der Waals surface area contributed by atoms with Crippen LogP contribution in [0.5, 0.6) is 0 Å². The number of nitrogens with one attached hydrogen (secondary N) is 2. The number of ether oxygens (including phenoxy) is 1. The van der Waals surface area contributed by atoms with Crippen LogP contribution in [-0.2, 0) is 14.3 Å². The van der Waals surface area contributed by atoms with Gasteiger partial charge in [-0.1, -0.05) is 68.8 Å². The van der Waals surface area contributed by atoms with Crippen LogP contribution in [0, 0.1) is 5.92 Å². The van der Waals surface area contributed by atoms with E-state index in [0.29, 0.717) is 25.8 Å². The molecule has 1 aliphatic rings. The highest BCUT2D eigenvalue weighted by Crippen LogP contribution is 2.44. The molecule has 0 bridgehead atoms. The predicted molar refractivity (Wildman–Crippen MR) is 131 cm³/mol. The number of hydrogen-bond acceptors (Lipinski definition) is 4. The molecule has 0 aliphatic heterocycles. The van der Waals surface area contributed by atoms with Crippen LogP contribution < -0.4 is 10.6 Å². The molecule has 3 N–H and O–H groups in total. The van der Waals surface area contributed by atoms with Gasteiger partial charge >= 0.3 is 12.1 Å². The Balaban J connectivity index is 1.40. The number of rotatable bonds is 12. The second-order valence-corrected chi connectivity index (χ2v) is 8.89. The number of aliphatic carboxylic acids is 1. The minimum atomic E-state index is -0.918. The third-order valence-electron chi connectivity index (χ3n) is 6.28. The Morgan fingerprint density at radius 2 is 1.62 bits per heavy atom. The zero-order chi connectivity index (χ0) is 24.5. The molecule has 182 valence electrons. The molecule has 1 aliphatic carbocycles. The number of amides is 2. The maximum atomic E-state index is 12.4. The molecule has 0 heterocycles. The summed E-state index contributed by atoms with van der Waals surface area (Å²) < 4.78 is 5.53. The van der Waals surface area contributed by atoms with E-state index in [2.05, 4.69) is 34.9 Å². The van der Waals surface area contributed by atoms with Crippen molar-refractivity contribution in [1.82, 2.24) is 10.6 Å². The molecule has 0 fully saturated rings. The Hall–Kier alpha value is -3.35. The summed E-state index contributed by atoms with van der Waals surface area (Å²) in [5.41, 5.74) is 4.70. The van der Waals surface area contributed by atoms with Gasteiger partial charge in [-0.25, -0.2) is 4.79 Å². The van der Waals surface area contributed by atoms with Crippen LogP contribution in [0.2, 0.25) is 0 Å². The predicted octanol–water partition coefficient (Wildman–Crippen LogP) is 4.70. The molecular formula is C27H34N2O5. The second-order valence-electron chi connectivity index (χ2n) is 8.89. The smallest absolute Gasteiger partial charge is 0.407 e. The average molecular weight is 467 g/mol. The van der Waals surface area contributed by atoms with Gasteiger partial charge in [0.15, 0.2) is 0 Å². The lowest BCUT2D eigenvalue weighted by Gasteiger charge is -2.19. The number of alkyl carbamates (subject to hydrolysis) is 1. The third-order valence-corrected chi connectivity index (χ3v) is 6.28. The maximum absolute atomic E-state index is 12.4. The van der Waals surface area contributed by atoms with E-state index in [4.69, 9.17) is 9.84 Å². The lowest BCUT2D eigenvalue weighted by molar-refractivity contribution is -0.137. The zero-order valence-corrected chi connectivity index (χ0v) is 19.9. The minimum Gasteiger partial charge on any atom is -0.481 e. The van der Waals surface area contributed by atoms with E-state index in [1.54, 1.807) is 0 Å². The first-order valence-corrected chi connectivity index (χ1v) is 12.0. The van der Waals surface area contributed by atoms with Crippen molar-refractivity contribution in [3.8, 4) is 11.1 Å². The van der Waals surface area contributed by atoms with Crippen LogP contribution in [0.3, 0.4) is 0 Å². The largest absolute Gasteiger partial charge is 0.481 e. The van der Waals surface area contributed by atoms with Crippen molar-refractivity contribution in [2.45, 2.75) is 57.9 Å². The first kappa shape index (κ1) is 25.3. The van der Waals surface area contributed by atoms with E-state index >= 15 is 0 Å². The zero-order valence-electron chi connectivity index (χ0n) is 19.9. The molecule has 2 aromatic carbocycles. The van der Waals surface area contributed by atoms with Gasteiger partial charge in [0, 0.05) is 24.4 Å². The molecule has 1 unspecified atom stereocenters. The van der Waals surface area contributed by atoms with Crippen LogP contribution in [-0.4, -0.2) is 42.3 Å². The molecule has 2 aromatic rings. The highest BCUT2D eigenvalue weighted by atomic mass is 16.5. The average Bonchev–Trinajstić information content (AvgIpc) is 3.14. The van der Waals surface area contributed by atoms with Gasteiger partial charge in [-0.15, -0.1) is 0 Å². The van der Waals surface area contributed by atoms with Crippen molar-refractivity contribution < 1.29 is 24.2 Å². The van der Waals surface area contributed by atoms with Crippen LogP contribution in [0.1, 0.15) is 63.0 Å². The normalized spacial score (nSPS) is 13.9. The van der Waals surface area contributed by atoms with Crippen molar-refractivity contribution in [3.63, 3.8) is 0 Å². The molecule has 0 radical (unpaired) electrons. The fraction of sp³-hybridized carbons (Fsp3) is 0.444. The summed E-state index contributed by atoms with van der Waals surface area (Å²) in [5.74, 6) is -1.32. The number of carboxylic acids is 1. The molecule has 2 atom stereocenters. The van der Waals surface area contributed by atoms with Gasteiger partial charge in [-0.3, -0.25) is 9.59 Å². The number of hydrogen-bond donors (Lipinski definition) is 3. The van der Waals surface area contributed by atoms with E-state index in [9.17, 15) is 14.4 Å². The SMILES string of the molecule is CCC[C@@H](CC(=O)O)NC(=O)C(C)CCCNC(=O)OCC1c2ccccc2-c2ccccc21. The first-order chi connectivity index (χ1) is 16.4. The lowest BCUT2D eigenvalue weighted by atomic mass is 9.98. The van der Waals surface area contributed by atoms with Gasteiger partial charge in [-0.2, -0.15) is 0 Å². The standard InChI is InChI=1S/C27H34N2O5/c1-3-9-19(16-25(30)31)29-26(32)18(2)10-8-15-28-27(33)34-17-24-22-13-6-4-11-20(22)21-12-5-7-14-23(21)24/h4-7,11-14,18-19,24H,3,8-10,15-17H2,1-2H3,(H,28,33)(H,29,32)(H,30,31)/t18?,19-/m0/s1. The number of benzene rings is 2. The number of carbonyl (C=O) groups is 3. The minimum absolute atomic E-state index is 0.0173. The van der Waals surface area contributed by atoms with Crippen molar-refractivity contribution in [3.05, 3.63) is 59.7 Å². The van der Waals surface area contributed by atoms with E-state index < -0.39 is 12.1 Å². The molecule has 3 rings (SSSR count). The molecule has 0 saturated heterocycles. The monoisotopic (exact) mass is 466 g/mol. The Bertz CT molecular complexity index is 961. The lowest BCUT2D eigenvalue weighted by Crippen LogP contribution is -2.39. The fourth-order valence-corrected chi connectivity index (χ4v) is 4.51. The first-order valence-electron chi connectivity index (χ1n) is 12.0. The summed E-state index contributed by atoms with van der Waals surface area (Å²) in [6.07, 6.45) is 2.10. The summed E-state index contributed by atoms with van der Waals surface area (Å²) in [6.45, 7) is 4.44. The third kappa shape index (κ3) is 6.59. The van der Waals surface area contributed by atoms with E-state index in [-0.39, 0.29) is 36.8 Å². The summed E-state index contributed by atoms with van der Waals surface area (Å²) in [4.78, 5) is 35.6. The van der Waals surface area contributed by atoms with Gasteiger partial charge in [0.05, 0.1) is 6.42 Å². The molecular weight excluding hydrogens is 432 g/mol. The van der Waals surface area contributed by atoms with Gasteiger partial charge < -0.3 is 20.5 Å². The Labute approximate surface area is 200 Å². The van der Waals surface area contributed by atoms with Crippen LogP contribution in [0.15, 0.2) is 48.5 Å². The molecule has 34 heavy (non-hydrogen) atoms. The summed E-state index contributed by atoms with van der Waals surface area (Å²) in [5, 5.41) is 14.6. The number of fused-ring (bicyclic) bond motifs is 3. The molecule has 2 amide bonds. The van der Waals surface area contributed by atoms with Gasteiger partial charge in [0.2, 0.25) is 5.91 Å². The quantitative estimate of drug-likeness (QED) is 0.393. The van der Waals surface area contributed by atoms with Crippen molar-refractivity contribution in [1.29, 1.82) is 0 Å².